The highest BCUT2D eigenvalue weighted by molar-refractivity contribution is 6.01. The van der Waals surface area contributed by atoms with Gasteiger partial charge in [-0.1, -0.05) is 13.2 Å². The fraction of sp³-hybridized carbons (Fsp3) is 0.250. The number of carbonyl (C=O) groups excluding carboxylic acids is 2. The van der Waals surface area contributed by atoms with Gasteiger partial charge in [0.25, 0.3) is 0 Å². The largest absolute Gasteiger partial charge is 0.382 e. The summed E-state index contributed by atoms with van der Waals surface area (Å²) in [5, 5.41) is 17.9. The third-order valence-electron chi connectivity index (χ3n) is 1.28. The Hall–Kier alpha value is -1.26. The van der Waals surface area contributed by atoms with E-state index in [1.165, 1.54) is 0 Å². The quantitative estimate of drug-likeness (QED) is 0.531. The Labute approximate surface area is 69.8 Å². The Morgan fingerprint density at radius 1 is 1.00 bits per heavy atom. The lowest BCUT2D eigenvalue weighted by Gasteiger charge is -2.11. The predicted molar refractivity (Wildman–Crippen MR) is 42.4 cm³/mol. The second kappa shape index (κ2) is 4.58. The Kier molecular flexibility index (Phi) is 4.10. The van der Waals surface area contributed by atoms with E-state index in [0.717, 1.165) is 12.2 Å². The van der Waals surface area contributed by atoms with E-state index in [-0.39, 0.29) is 0 Å². The number of hydrogen-bond donors (Lipinski definition) is 2. The Bertz CT molecular complexity index is 195. The van der Waals surface area contributed by atoms with Gasteiger partial charge in [-0.05, 0) is 12.2 Å². The molecule has 0 saturated heterocycles. The third kappa shape index (κ3) is 2.41. The topological polar surface area (TPSA) is 74.6 Å². The summed E-state index contributed by atoms with van der Waals surface area (Å²) in [5.41, 5.74) is 0. The van der Waals surface area contributed by atoms with Gasteiger partial charge in [-0.3, -0.25) is 9.59 Å². The number of aliphatic hydroxyl groups is 2. The van der Waals surface area contributed by atoms with Crippen LogP contribution >= 0.6 is 0 Å². The lowest BCUT2D eigenvalue weighted by Crippen LogP contribution is -2.38. The molecule has 4 nitrogen and oxygen atoms in total. The number of ketones is 2. The Morgan fingerprint density at radius 2 is 1.25 bits per heavy atom. The Balaban J connectivity index is 4.37. The molecule has 0 aliphatic carbocycles. The second-order valence-electron chi connectivity index (χ2n) is 2.10. The van der Waals surface area contributed by atoms with Crippen molar-refractivity contribution in [3.05, 3.63) is 25.3 Å². The van der Waals surface area contributed by atoms with Gasteiger partial charge < -0.3 is 10.2 Å². The first-order chi connectivity index (χ1) is 5.54. The number of carbonyl (C=O) groups is 2. The molecular weight excluding hydrogens is 160 g/mol. The van der Waals surface area contributed by atoms with Crippen LogP contribution in [-0.2, 0) is 9.59 Å². The van der Waals surface area contributed by atoms with Crippen LogP contribution < -0.4 is 0 Å². The zero-order valence-corrected chi connectivity index (χ0v) is 6.43. The molecule has 0 bridgehead atoms. The van der Waals surface area contributed by atoms with E-state index in [0.29, 0.717) is 0 Å². The average molecular weight is 170 g/mol. The molecule has 0 heterocycles. The molecule has 2 atom stereocenters. The molecule has 2 unspecified atom stereocenters. The number of aliphatic hydroxyl groups excluding tert-OH is 2. The summed E-state index contributed by atoms with van der Waals surface area (Å²) in [6.45, 7) is 6.18. The minimum atomic E-state index is -1.74. The molecule has 0 aliphatic rings. The van der Waals surface area contributed by atoms with E-state index in [1.54, 1.807) is 0 Å². The molecule has 12 heavy (non-hydrogen) atoms. The van der Waals surface area contributed by atoms with Gasteiger partial charge in [-0.15, -0.1) is 0 Å². The van der Waals surface area contributed by atoms with Crippen molar-refractivity contribution in [1.29, 1.82) is 0 Å². The summed E-state index contributed by atoms with van der Waals surface area (Å²) in [4.78, 5) is 21.3. The summed E-state index contributed by atoms with van der Waals surface area (Å²) in [6, 6.07) is 0. The van der Waals surface area contributed by atoms with Crippen molar-refractivity contribution in [2.24, 2.45) is 0 Å². The van der Waals surface area contributed by atoms with E-state index < -0.39 is 23.8 Å². The number of hydrogen-bond acceptors (Lipinski definition) is 4. The summed E-state index contributed by atoms with van der Waals surface area (Å²) in [5.74, 6) is -1.59. The van der Waals surface area contributed by atoms with Gasteiger partial charge in [0.15, 0.2) is 11.6 Å². The average Bonchev–Trinajstić information content (AvgIpc) is 2.12. The fourth-order valence-corrected chi connectivity index (χ4v) is 0.553. The maximum atomic E-state index is 10.7. The van der Waals surface area contributed by atoms with Crippen molar-refractivity contribution in [2.45, 2.75) is 12.2 Å². The van der Waals surface area contributed by atoms with Crippen molar-refractivity contribution >= 4 is 11.6 Å². The lowest BCUT2D eigenvalue weighted by atomic mass is 10.1. The van der Waals surface area contributed by atoms with Crippen molar-refractivity contribution in [1.82, 2.24) is 0 Å². The first-order valence-electron chi connectivity index (χ1n) is 3.23. The van der Waals surface area contributed by atoms with Crippen LogP contribution in [0.4, 0.5) is 0 Å². The molecule has 4 heteroatoms. The molecule has 0 fully saturated rings. The van der Waals surface area contributed by atoms with Crippen LogP contribution in [0.3, 0.4) is 0 Å². The van der Waals surface area contributed by atoms with Crippen LogP contribution in [0.1, 0.15) is 0 Å². The van der Waals surface area contributed by atoms with Crippen molar-refractivity contribution in [3.8, 4) is 0 Å². The molecule has 0 spiro atoms. The van der Waals surface area contributed by atoms with Crippen LogP contribution in [0.2, 0.25) is 0 Å². The molecule has 0 radical (unpaired) electrons. The van der Waals surface area contributed by atoms with Gasteiger partial charge in [0.05, 0.1) is 0 Å². The summed E-state index contributed by atoms with van der Waals surface area (Å²) in [6.07, 6.45) is -1.81. The molecular formula is C8H10O4. The van der Waals surface area contributed by atoms with E-state index in [4.69, 9.17) is 10.2 Å². The maximum absolute atomic E-state index is 10.7. The standard InChI is InChI=1S/C8H10O4/c1-3-5(9)7(11)8(12)6(10)4-2/h3-4,7-8,11-12H,1-2H2. The first-order valence-corrected chi connectivity index (χ1v) is 3.23. The highest BCUT2D eigenvalue weighted by Crippen LogP contribution is 1.98. The van der Waals surface area contributed by atoms with Crippen molar-refractivity contribution in [3.63, 3.8) is 0 Å². The molecule has 0 aliphatic heterocycles. The fourth-order valence-electron chi connectivity index (χ4n) is 0.553. The van der Waals surface area contributed by atoms with Crippen molar-refractivity contribution in [2.75, 3.05) is 0 Å². The van der Waals surface area contributed by atoms with Crippen LogP contribution in [-0.4, -0.2) is 34.0 Å². The predicted octanol–water partition coefficient (Wildman–Crippen LogP) is -0.782. The van der Waals surface area contributed by atoms with Gasteiger partial charge in [0.2, 0.25) is 0 Å². The minimum absolute atomic E-state index is 0.794. The first kappa shape index (κ1) is 10.7. The van der Waals surface area contributed by atoms with E-state index in [1.807, 2.05) is 0 Å². The molecule has 0 rings (SSSR count). The molecule has 0 aromatic rings. The zero-order valence-electron chi connectivity index (χ0n) is 6.43. The van der Waals surface area contributed by atoms with Gasteiger partial charge in [-0.2, -0.15) is 0 Å². The number of rotatable bonds is 5. The normalized spacial score (nSPS) is 14.5. The van der Waals surface area contributed by atoms with E-state index >= 15 is 0 Å². The molecule has 0 saturated carbocycles. The maximum Gasteiger partial charge on any atom is 0.186 e. The Morgan fingerprint density at radius 3 is 1.42 bits per heavy atom. The minimum Gasteiger partial charge on any atom is -0.382 e. The summed E-state index contributed by atoms with van der Waals surface area (Å²) >= 11 is 0. The molecule has 66 valence electrons. The van der Waals surface area contributed by atoms with Gasteiger partial charge in [0, 0.05) is 0 Å². The summed E-state index contributed by atoms with van der Waals surface area (Å²) in [7, 11) is 0. The van der Waals surface area contributed by atoms with E-state index in [2.05, 4.69) is 13.2 Å². The van der Waals surface area contributed by atoms with Crippen LogP contribution in [0, 0.1) is 0 Å². The highest BCUT2D eigenvalue weighted by atomic mass is 16.3. The SMILES string of the molecule is C=CC(=O)C(O)C(O)C(=O)C=C. The zero-order chi connectivity index (χ0) is 9.72. The van der Waals surface area contributed by atoms with Gasteiger partial charge in [0.1, 0.15) is 12.2 Å². The van der Waals surface area contributed by atoms with Crippen LogP contribution in [0.25, 0.3) is 0 Å². The van der Waals surface area contributed by atoms with Gasteiger partial charge >= 0.3 is 0 Å². The van der Waals surface area contributed by atoms with Crippen molar-refractivity contribution < 1.29 is 19.8 Å². The molecule has 0 aromatic carbocycles. The molecule has 2 N–H and O–H groups in total. The van der Waals surface area contributed by atoms with Crippen LogP contribution in [0.15, 0.2) is 25.3 Å². The third-order valence-corrected chi connectivity index (χ3v) is 1.28. The van der Waals surface area contributed by atoms with E-state index in [9.17, 15) is 9.59 Å². The second-order valence-corrected chi connectivity index (χ2v) is 2.10. The molecule has 0 amide bonds. The smallest absolute Gasteiger partial charge is 0.186 e. The van der Waals surface area contributed by atoms with Gasteiger partial charge in [-0.25, -0.2) is 0 Å². The monoisotopic (exact) mass is 170 g/mol. The highest BCUT2D eigenvalue weighted by Gasteiger charge is 2.26. The lowest BCUT2D eigenvalue weighted by molar-refractivity contribution is -0.137. The summed E-state index contributed by atoms with van der Waals surface area (Å²) < 4.78 is 0. The molecule has 0 aromatic heterocycles. The van der Waals surface area contributed by atoms with Crippen LogP contribution in [0.5, 0.6) is 0 Å².